The third-order valence-corrected chi connectivity index (χ3v) is 8.22. The van der Waals surface area contributed by atoms with E-state index in [1.54, 1.807) is 0 Å². The molecule has 8 aromatic rings. The van der Waals surface area contributed by atoms with E-state index in [2.05, 4.69) is 160 Å². The highest BCUT2D eigenvalue weighted by Gasteiger charge is 2.30. The Labute approximate surface area is 237 Å². The molecule has 0 radical (unpaired) electrons. The summed E-state index contributed by atoms with van der Waals surface area (Å²) in [6.45, 7) is 0. The minimum atomic E-state index is 0.951. The molecule has 6 aromatic carbocycles. The lowest BCUT2D eigenvalue weighted by atomic mass is 10.1. The number of rotatable bonds is 3. The zero-order valence-corrected chi connectivity index (χ0v) is 22.1. The number of imidazole rings is 1. The Bertz CT molecular complexity index is 2210. The van der Waals surface area contributed by atoms with Gasteiger partial charge in [0.05, 0.1) is 39.1 Å². The Morgan fingerprint density at radius 3 is 1.83 bits per heavy atom. The molecular formula is C37H24N4. The van der Waals surface area contributed by atoms with Crippen molar-refractivity contribution >= 4 is 49.9 Å². The molecule has 0 saturated carbocycles. The molecule has 0 saturated heterocycles. The number of para-hydroxylation sites is 4. The van der Waals surface area contributed by atoms with Crippen LogP contribution in [0.2, 0.25) is 0 Å². The Morgan fingerprint density at radius 1 is 0.439 bits per heavy atom. The third-order valence-electron chi connectivity index (χ3n) is 8.22. The Kier molecular flexibility index (Phi) is 4.58. The van der Waals surface area contributed by atoms with Gasteiger partial charge >= 0.3 is 0 Å². The fraction of sp³-hybridized carbons (Fsp3) is 0. The second-order valence-corrected chi connectivity index (χ2v) is 10.5. The van der Waals surface area contributed by atoms with Gasteiger partial charge in [0.2, 0.25) is 0 Å². The molecule has 0 spiro atoms. The summed E-state index contributed by atoms with van der Waals surface area (Å²) in [4.78, 5) is 7.55. The average Bonchev–Trinajstić information content (AvgIpc) is 3.59. The monoisotopic (exact) mass is 524 g/mol. The van der Waals surface area contributed by atoms with Crippen molar-refractivity contribution in [2.24, 2.45) is 0 Å². The van der Waals surface area contributed by atoms with Gasteiger partial charge in [0, 0.05) is 27.7 Å². The van der Waals surface area contributed by atoms with Crippen molar-refractivity contribution in [3.63, 3.8) is 0 Å². The molecule has 0 aliphatic carbocycles. The number of fused-ring (bicyclic) bond motifs is 5. The first kappa shape index (κ1) is 22.2. The minimum Gasteiger partial charge on any atom is -0.309 e. The molecular weight excluding hydrogens is 500 g/mol. The van der Waals surface area contributed by atoms with E-state index >= 15 is 0 Å². The number of anilines is 3. The highest BCUT2D eigenvalue weighted by Crippen LogP contribution is 2.49. The molecule has 41 heavy (non-hydrogen) atoms. The van der Waals surface area contributed by atoms with E-state index in [0.29, 0.717) is 0 Å². The van der Waals surface area contributed by atoms with Crippen LogP contribution in [0.5, 0.6) is 0 Å². The standard InChI is InChI=1S/C37H24N4/c1-3-12-25(13-4-1)37-38-30-18-11-21-34-36(30)41(37)33-23-22-27(24-35(33)39(34)26-14-5-2-6-15-26)40-31-19-9-7-16-28(31)29-17-8-10-20-32(29)40/h1-24H. The molecule has 1 aliphatic rings. The number of hydrogen-bond acceptors (Lipinski definition) is 2. The van der Waals surface area contributed by atoms with Gasteiger partial charge in [0.1, 0.15) is 5.82 Å². The highest BCUT2D eigenvalue weighted by molar-refractivity contribution is 6.09. The predicted octanol–water partition coefficient (Wildman–Crippen LogP) is 9.57. The topological polar surface area (TPSA) is 26.0 Å². The maximum absolute atomic E-state index is 5.17. The number of benzene rings is 6. The van der Waals surface area contributed by atoms with Crippen molar-refractivity contribution in [1.82, 2.24) is 14.1 Å². The summed E-state index contributed by atoms with van der Waals surface area (Å²) in [5.74, 6) is 0.951. The summed E-state index contributed by atoms with van der Waals surface area (Å²) in [7, 11) is 0. The SMILES string of the molecule is c1ccc(-c2nc3cccc4c3n2-c2ccc(-n3c5ccccc5c5ccccc53)cc2N4c2ccccc2)cc1. The summed E-state index contributed by atoms with van der Waals surface area (Å²) < 4.78 is 4.72. The van der Waals surface area contributed by atoms with Gasteiger partial charge in [-0.15, -0.1) is 0 Å². The zero-order chi connectivity index (χ0) is 26.9. The Hall–Kier alpha value is -5.61. The quantitative estimate of drug-likeness (QED) is 0.230. The molecule has 4 nitrogen and oxygen atoms in total. The van der Waals surface area contributed by atoms with Crippen molar-refractivity contribution in [3.8, 4) is 22.8 Å². The van der Waals surface area contributed by atoms with Crippen LogP contribution in [-0.2, 0) is 0 Å². The highest BCUT2D eigenvalue weighted by atomic mass is 15.2. The summed E-state index contributed by atoms with van der Waals surface area (Å²) >= 11 is 0. The first-order chi connectivity index (χ1) is 20.4. The van der Waals surface area contributed by atoms with Gasteiger partial charge in [0.25, 0.3) is 0 Å². The summed E-state index contributed by atoms with van der Waals surface area (Å²) in [6.07, 6.45) is 0. The fourth-order valence-electron chi connectivity index (χ4n) is 6.51. The van der Waals surface area contributed by atoms with E-state index in [1.807, 2.05) is 0 Å². The first-order valence-corrected chi connectivity index (χ1v) is 13.9. The van der Waals surface area contributed by atoms with Crippen LogP contribution in [0.15, 0.2) is 146 Å². The van der Waals surface area contributed by atoms with Crippen molar-refractivity contribution in [2.45, 2.75) is 0 Å². The van der Waals surface area contributed by atoms with Gasteiger partial charge in [-0.25, -0.2) is 4.98 Å². The van der Waals surface area contributed by atoms with Gasteiger partial charge in [-0.1, -0.05) is 91.0 Å². The fourth-order valence-corrected chi connectivity index (χ4v) is 6.51. The van der Waals surface area contributed by atoms with Crippen molar-refractivity contribution in [2.75, 3.05) is 4.90 Å². The molecule has 0 amide bonds. The van der Waals surface area contributed by atoms with E-state index in [1.165, 1.54) is 21.8 Å². The number of nitrogens with zero attached hydrogens (tertiary/aromatic N) is 4. The molecule has 1 aliphatic heterocycles. The van der Waals surface area contributed by atoms with Crippen LogP contribution in [0.3, 0.4) is 0 Å². The van der Waals surface area contributed by atoms with Gasteiger partial charge in [-0.2, -0.15) is 0 Å². The second-order valence-electron chi connectivity index (χ2n) is 10.5. The molecule has 0 unspecified atom stereocenters. The molecule has 0 N–H and O–H groups in total. The van der Waals surface area contributed by atoms with E-state index < -0.39 is 0 Å². The van der Waals surface area contributed by atoms with E-state index in [4.69, 9.17) is 4.98 Å². The third kappa shape index (κ3) is 3.13. The predicted molar refractivity (Wildman–Crippen MR) is 169 cm³/mol. The van der Waals surface area contributed by atoms with Crippen molar-refractivity contribution in [3.05, 3.63) is 146 Å². The lowest BCUT2D eigenvalue weighted by Crippen LogP contribution is -2.19. The molecule has 192 valence electrons. The van der Waals surface area contributed by atoms with Crippen LogP contribution < -0.4 is 4.90 Å². The van der Waals surface area contributed by atoms with E-state index in [9.17, 15) is 0 Å². The molecule has 9 rings (SSSR count). The first-order valence-electron chi connectivity index (χ1n) is 13.9. The number of aromatic nitrogens is 3. The molecule has 0 atom stereocenters. The van der Waals surface area contributed by atoms with Crippen LogP contribution in [-0.4, -0.2) is 14.1 Å². The molecule has 3 heterocycles. The number of hydrogen-bond donors (Lipinski definition) is 0. The lowest BCUT2D eigenvalue weighted by molar-refractivity contribution is 1.05. The smallest absolute Gasteiger partial charge is 0.145 e. The molecule has 0 fully saturated rings. The van der Waals surface area contributed by atoms with Crippen LogP contribution in [0.4, 0.5) is 17.1 Å². The normalized spacial score (nSPS) is 12.3. The maximum Gasteiger partial charge on any atom is 0.145 e. The van der Waals surface area contributed by atoms with Gasteiger partial charge in [0.15, 0.2) is 0 Å². The van der Waals surface area contributed by atoms with Crippen molar-refractivity contribution < 1.29 is 0 Å². The summed E-state index contributed by atoms with van der Waals surface area (Å²) in [5.41, 5.74) is 11.2. The van der Waals surface area contributed by atoms with Gasteiger partial charge < -0.3 is 9.47 Å². The molecule has 4 heteroatoms. The zero-order valence-electron chi connectivity index (χ0n) is 22.1. The minimum absolute atomic E-state index is 0.951. The molecule has 2 aromatic heterocycles. The summed E-state index contributed by atoms with van der Waals surface area (Å²) in [5, 5.41) is 2.52. The Balaban J connectivity index is 1.39. The van der Waals surface area contributed by atoms with Crippen LogP contribution in [0.25, 0.3) is 55.6 Å². The summed E-state index contributed by atoms with van der Waals surface area (Å²) in [6, 6.07) is 51.7. The van der Waals surface area contributed by atoms with Crippen LogP contribution in [0.1, 0.15) is 0 Å². The Morgan fingerprint density at radius 2 is 1.10 bits per heavy atom. The van der Waals surface area contributed by atoms with Gasteiger partial charge in [-0.3, -0.25) is 4.57 Å². The van der Waals surface area contributed by atoms with E-state index in [-0.39, 0.29) is 0 Å². The largest absolute Gasteiger partial charge is 0.309 e. The van der Waals surface area contributed by atoms with Crippen LogP contribution >= 0.6 is 0 Å². The lowest BCUT2D eigenvalue weighted by Gasteiger charge is -2.33. The van der Waals surface area contributed by atoms with Crippen LogP contribution in [0, 0.1) is 0 Å². The van der Waals surface area contributed by atoms with E-state index in [0.717, 1.165) is 50.9 Å². The van der Waals surface area contributed by atoms with Gasteiger partial charge in [-0.05, 0) is 54.6 Å². The molecule has 0 bridgehead atoms. The second kappa shape index (κ2) is 8.44. The maximum atomic E-state index is 5.17. The average molecular weight is 525 g/mol. The van der Waals surface area contributed by atoms with Crippen molar-refractivity contribution in [1.29, 1.82) is 0 Å².